The molecular weight excluding hydrogens is 304 g/mol. The van der Waals surface area contributed by atoms with E-state index in [1.807, 2.05) is 4.90 Å². The number of nitrogens with two attached hydrogens (primary N) is 1. The van der Waals surface area contributed by atoms with E-state index in [0.29, 0.717) is 32.4 Å². The highest BCUT2D eigenvalue weighted by atomic mass is 16.3. The number of primary amides is 1. The summed E-state index contributed by atoms with van der Waals surface area (Å²) in [6, 6.07) is 4.33. The fraction of sp³-hybridized carbons (Fsp3) is 0.474. The second kappa shape index (κ2) is 5.96. The number of furan rings is 1. The third-order valence-electron chi connectivity index (χ3n) is 5.46. The highest BCUT2D eigenvalue weighted by Crippen LogP contribution is 2.31. The minimum absolute atomic E-state index is 0.0913. The summed E-state index contributed by atoms with van der Waals surface area (Å²) in [4.78, 5) is 25.7. The van der Waals surface area contributed by atoms with Gasteiger partial charge in [0.15, 0.2) is 0 Å². The molecule has 24 heavy (non-hydrogen) atoms. The summed E-state index contributed by atoms with van der Waals surface area (Å²) >= 11 is 0. The Bertz CT molecular complexity index is 800. The van der Waals surface area contributed by atoms with Gasteiger partial charge in [-0.25, -0.2) is 0 Å². The third-order valence-corrected chi connectivity index (χ3v) is 5.46. The Morgan fingerprint density at radius 3 is 2.58 bits per heavy atom. The van der Waals surface area contributed by atoms with Crippen molar-refractivity contribution in [1.82, 2.24) is 4.90 Å². The average Bonchev–Trinajstić information content (AvgIpc) is 3.19. The van der Waals surface area contributed by atoms with Gasteiger partial charge in [0, 0.05) is 30.0 Å². The van der Waals surface area contributed by atoms with E-state index in [0.717, 1.165) is 29.4 Å². The lowest BCUT2D eigenvalue weighted by molar-refractivity contribution is -0.134. The standard InChI is InChI=1S/C19H22N2O3/c20-19(23)12-4-6-21(7-5-12)18(22)10-15-11-24-17-9-14-3-1-2-13(14)8-16(15)17/h8-9,11-12H,1-7,10H2,(H2,20,23). The zero-order chi connectivity index (χ0) is 16.7. The maximum Gasteiger partial charge on any atom is 0.227 e. The number of nitrogens with zero attached hydrogens (tertiary/aromatic N) is 1. The first kappa shape index (κ1) is 15.2. The van der Waals surface area contributed by atoms with Crippen molar-refractivity contribution in [2.45, 2.75) is 38.5 Å². The molecule has 5 nitrogen and oxygen atoms in total. The molecule has 1 aromatic heterocycles. The lowest BCUT2D eigenvalue weighted by Crippen LogP contribution is -2.42. The molecule has 126 valence electrons. The Morgan fingerprint density at radius 1 is 1.17 bits per heavy atom. The van der Waals surface area contributed by atoms with Crippen molar-refractivity contribution in [2.75, 3.05) is 13.1 Å². The Kier molecular flexibility index (Phi) is 3.79. The van der Waals surface area contributed by atoms with Crippen LogP contribution >= 0.6 is 0 Å². The predicted octanol–water partition coefficient (Wildman–Crippen LogP) is 2.19. The number of rotatable bonds is 3. The molecule has 0 saturated carbocycles. The molecule has 0 unspecified atom stereocenters. The van der Waals surface area contributed by atoms with Crippen molar-refractivity contribution in [3.05, 3.63) is 35.1 Å². The fourth-order valence-electron chi connectivity index (χ4n) is 3.97. The van der Waals surface area contributed by atoms with E-state index in [1.54, 1.807) is 6.26 Å². The van der Waals surface area contributed by atoms with Crippen LogP contribution in [0.5, 0.6) is 0 Å². The van der Waals surface area contributed by atoms with E-state index in [1.165, 1.54) is 17.5 Å². The Labute approximate surface area is 140 Å². The number of likely N-dealkylation sites (tertiary alicyclic amines) is 1. The van der Waals surface area contributed by atoms with Crippen LogP contribution in [0.15, 0.2) is 22.8 Å². The van der Waals surface area contributed by atoms with Gasteiger partial charge in [-0.3, -0.25) is 9.59 Å². The highest BCUT2D eigenvalue weighted by molar-refractivity contribution is 5.89. The minimum Gasteiger partial charge on any atom is -0.464 e. The molecule has 5 heteroatoms. The second-order valence-corrected chi connectivity index (χ2v) is 6.97. The molecule has 0 spiro atoms. The number of amides is 2. The molecule has 2 amide bonds. The first-order valence-corrected chi connectivity index (χ1v) is 8.71. The first-order valence-electron chi connectivity index (χ1n) is 8.71. The number of aryl methyl sites for hydroxylation is 2. The molecule has 0 radical (unpaired) electrons. The monoisotopic (exact) mass is 326 g/mol. The van der Waals surface area contributed by atoms with Crippen LogP contribution in [0.25, 0.3) is 11.0 Å². The quantitative estimate of drug-likeness (QED) is 0.939. The lowest BCUT2D eigenvalue weighted by Gasteiger charge is -2.30. The van der Waals surface area contributed by atoms with Crippen LogP contribution in [-0.4, -0.2) is 29.8 Å². The summed E-state index contributed by atoms with van der Waals surface area (Å²) in [6.45, 7) is 1.22. The van der Waals surface area contributed by atoms with Crippen LogP contribution in [0.2, 0.25) is 0 Å². The van der Waals surface area contributed by atoms with E-state index < -0.39 is 0 Å². The van der Waals surface area contributed by atoms with E-state index in [9.17, 15) is 9.59 Å². The van der Waals surface area contributed by atoms with E-state index >= 15 is 0 Å². The van der Waals surface area contributed by atoms with Crippen molar-refractivity contribution in [3.63, 3.8) is 0 Å². The third kappa shape index (κ3) is 2.68. The number of hydrogen-bond donors (Lipinski definition) is 1. The maximum absolute atomic E-state index is 12.6. The van der Waals surface area contributed by atoms with Crippen molar-refractivity contribution >= 4 is 22.8 Å². The number of carbonyl (C=O) groups is 2. The summed E-state index contributed by atoms with van der Waals surface area (Å²) in [5.41, 5.74) is 9.96. The summed E-state index contributed by atoms with van der Waals surface area (Å²) < 4.78 is 5.68. The van der Waals surface area contributed by atoms with Gasteiger partial charge >= 0.3 is 0 Å². The van der Waals surface area contributed by atoms with Gasteiger partial charge in [-0.15, -0.1) is 0 Å². The number of piperidine rings is 1. The van der Waals surface area contributed by atoms with Crippen LogP contribution in [0, 0.1) is 5.92 Å². The maximum atomic E-state index is 12.6. The van der Waals surface area contributed by atoms with Crippen LogP contribution < -0.4 is 5.73 Å². The normalized spacial score (nSPS) is 18.1. The van der Waals surface area contributed by atoms with Gasteiger partial charge in [0.25, 0.3) is 0 Å². The zero-order valence-electron chi connectivity index (χ0n) is 13.7. The second-order valence-electron chi connectivity index (χ2n) is 6.97. The van der Waals surface area contributed by atoms with Crippen LogP contribution in [0.4, 0.5) is 0 Å². The fourth-order valence-corrected chi connectivity index (χ4v) is 3.97. The topological polar surface area (TPSA) is 76.5 Å². The summed E-state index contributed by atoms with van der Waals surface area (Å²) in [5, 5.41) is 1.07. The van der Waals surface area contributed by atoms with Crippen molar-refractivity contribution < 1.29 is 14.0 Å². The van der Waals surface area contributed by atoms with Gasteiger partial charge in [-0.2, -0.15) is 0 Å². The zero-order valence-corrected chi connectivity index (χ0v) is 13.7. The molecule has 1 aliphatic heterocycles. The largest absolute Gasteiger partial charge is 0.464 e. The molecule has 1 saturated heterocycles. The molecule has 2 heterocycles. The molecule has 2 aromatic rings. The minimum atomic E-state index is -0.253. The van der Waals surface area contributed by atoms with Gasteiger partial charge in [0.05, 0.1) is 12.7 Å². The molecular formula is C19H22N2O3. The molecule has 1 aromatic carbocycles. The van der Waals surface area contributed by atoms with Crippen LogP contribution in [-0.2, 0) is 28.9 Å². The molecule has 4 rings (SSSR count). The van der Waals surface area contributed by atoms with Gasteiger partial charge in [0.2, 0.25) is 11.8 Å². The van der Waals surface area contributed by atoms with Crippen molar-refractivity contribution in [1.29, 1.82) is 0 Å². The Balaban J connectivity index is 1.48. The highest BCUT2D eigenvalue weighted by Gasteiger charge is 2.26. The summed E-state index contributed by atoms with van der Waals surface area (Å²) in [7, 11) is 0. The summed E-state index contributed by atoms with van der Waals surface area (Å²) in [5.74, 6) is -0.246. The van der Waals surface area contributed by atoms with E-state index in [4.69, 9.17) is 10.2 Å². The molecule has 1 fully saturated rings. The lowest BCUT2D eigenvalue weighted by atomic mass is 9.96. The smallest absolute Gasteiger partial charge is 0.227 e. The van der Waals surface area contributed by atoms with Crippen LogP contribution in [0.1, 0.15) is 36.0 Å². The van der Waals surface area contributed by atoms with Crippen molar-refractivity contribution in [3.8, 4) is 0 Å². The van der Waals surface area contributed by atoms with Crippen molar-refractivity contribution in [2.24, 2.45) is 11.7 Å². The Hall–Kier alpha value is -2.30. The SMILES string of the molecule is NC(=O)C1CCN(C(=O)Cc2coc3cc4c(cc23)CCC4)CC1. The van der Waals surface area contributed by atoms with Gasteiger partial charge in [-0.05, 0) is 55.4 Å². The molecule has 1 aliphatic carbocycles. The van der Waals surface area contributed by atoms with E-state index in [2.05, 4.69) is 12.1 Å². The van der Waals surface area contributed by atoms with Crippen LogP contribution in [0.3, 0.4) is 0 Å². The summed E-state index contributed by atoms with van der Waals surface area (Å²) in [6.07, 6.45) is 6.84. The van der Waals surface area contributed by atoms with Gasteiger partial charge in [0.1, 0.15) is 5.58 Å². The molecule has 0 bridgehead atoms. The van der Waals surface area contributed by atoms with E-state index in [-0.39, 0.29) is 17.7 Å². The molecule has 2 aliphatic rings. The number of fused-ring (bicyclic) bond motifs is 2. The average molecular weight is 326 g/mol. The first-order chi connectivity index (χ1) is 11.6. The number of benzene rings is 1. The van der Waals surface area contributed by atoms with Gasteiger partial charge < -0.3 is 15.1 Å². The number of hydrogen-bond acceptors (Lipinski definition) is 3. The predicted molar refractivity (Wildman–Crippen MR) is 90.4 cm³/mol. The molecule has 0 atom stereocenters. The number of carbonyl (C=O) groups excluding carboxylic acids is 2. The molecule has 2 N–H and O–H groups in total. The Morgan fingerprint density at radius 2 is 1.88 bits per heavy atom. The van der Waals surface area contributed by atoms with Gasteiger partial charge in [-0.1, -0.05) is 0 Å².